The zero-order valence-corrected chi connectivity index (χ0v) is 20.4. The van der Waals surface area contributed by atoms with Crippen LogP contribution in [0.2, 0.25) is 0 Å². The number of nitrogens with one attached hydrogen (secondary N) is 1. The van der Waals surface area contributed by atoms with Crippen molar-refractivity contribution in [2.24, 2.45) is 0 Å². The van der Waals surface area contributed by atoms with E-state index in [4.69, 9.17) is 12.2 Å². The summed E-state index contributed by atoms with van der Waals surface area (Å²) in [6.07, 6.45) is 0. The molecule has 7 nitrogen and oxygen atoms in total. The second-order valence-corrected chi connectivity index (χ2v) is 12.3. The highest BCUT2D eigenvalue weighted by Gasteiger charge is 2.29. The Morgan fingerprint density at radius 2 is 1.74 bits per heavy atom. The third-order valence-electron chi connectivity index (χ3n) is 5.11. The fourth-order valence-corrected chi connectivity index (χ4v) is 6.20. The van der Waals surface area contributed by atoms with Crippen molar-refractivity contribution in [2.75, 3.05) is 31.5 Å². The number of hydrogen-bond donors (Lipinski definition) is 1. The molecule has 10 heteroatoms. The van der Waals surface area contributed by atoms with Crippen LogP contribution in [0.3, 0.4) is 0 Å². The second kappa shape index (κ2) is 8.59. The van der Waals surface area contributed by atoms with Crippen molar-refractivity contribution in [3.8, 4) is 0 Å². The summed E-state index contributed by atoms with van der Waals surface area (Å²) in [6, 6.07) is 13.1. The van der Waals surface area contributed by atoms with E-state index in [1.807, 2.05) is 35.0 Å². The van der Waals surface area contributed by atoms with Gasteiger partial charge >= 0.3 is 0 Å². The molecule has 166 valence electrons. The molecule has 1 aliphatic rings. The molecule has 3 aromatic rings. The largest absolute Gasteiger partial charge is 0.356 e. The van der Waals surface area contributed by atoms with E-state index < -0.39 is 10.0 Å². The second-order valence-electron chi connectivity index (χ2n) is 8.72. The Balaban J connectivity index is 1.42. The monoisotopic (exact) mass is 477 g/mol. The number of aromatic nitrogens is 2. The Morgan fingerprint density at radius 1 is 1.06 bits per heavy atom. The first-order valence-corrected chi connectivity index (χ1v) is 12.9. The minimum atomic E-state index is -3.52. The van der Waals surface area contributed by atoms with Crippen LogP contribution in [-0.4, -0.2) is 59.1 Å². The van der Waals surface area contributed by atoms with Crippen LogP contribution in [0.1, 0.15) is 20.8 Å². The van der Waals surface area contributed by atoms with Crippen molar-refractivity contribution in [2.45, 2.75) is 37.9 Å². The van der Waals surface area contributed by atoms with Gasteiger partial charge in [0.25, 0.3) is 0 Å². The third kappa shape index (κ3) is 5.15. The van der Waals surface area contributed by atoms with E-state index in [2.05, 4.69) is 36.1 Å². The highest BCUT2D eigenvalue weighted by atomic mass is 32.2. The number of nitrogens with zero attached hydrogens (tertiary/aromatic N) is 4. The number of benzene rings is 2. The lowest BCUT2D eigenvalue weighted by atomic mass is 10.1. The number of hydrogen-bond acceptors (Lipinski definition) is 7. The highest BCUT2D eigenvalue weighted by Crippen LogP contribution is 2.23. The van der Waals surface area contributed by atoms with Crippen LogP contribution < -0.4 is 5.32 Å². The molecule has 0 saturated carbocycles. The highest BCUT2D eigenvalue weighted by molar-refractivity contribution is 7.89. The molecule has 0 radical (unpaired) electrons. The maximum atomic E-state index is 13.2. The van der Waals surface area contributed by atoms with E-state index in [1.54, 1.807) is 16.4 Å². The van der Waals surface area contributed by atoms with Crippen molar-refractivity contribution in [1.82, 2.24) is 19.0 Å². The van der Waals surface area contributed by atoms with Crippen LogP contribution in [0, 0.1) is 3.95 Å². The molecule has 0 spiro atoms. The number of rotatable bonds is 5. The molecule has 1 fully saturated rings. The minimum absolute atomic E-state index is 0.0831. The molecule has 1 N–H and O–H groups in total. The Kier molecular flexibility index (Phi) is 6.19. The zero-order valence-electron chi connectivity index (χ0n) is 17.9. The third-order valence-corrected chi connectivity index (χ3v) is 8.23. The number of piperazine rings is 1. The van der Waals surface area contributed by atoms with E-state index in [0.717, 1.165) is 15.9 Å². The molecular weight excluding hydrogens is 450 g/mol. The molecule has 0 aliphatic carbocycles. The number of anilines is 1. The maximum Gasteiger partial charge on any atom is 0.243 e. The summed E-state index contributed by atoms with van der Waals surface area (Å²) in [5.74, 6) is 0. The molecule has 0 bridgehead atoms. The molecule has 1 saturated heterocycles. The van der Waals surface area contributed by atoms with E-state index in [0.29, 0.717) is 41.7 Å². The van der Waals surface area contributed by atoms with Gasteiger partial charge in [0.2, 0.25) is 15.2 Å². The molecule has 1 aromatic heterocycles. The predicted octanol–water partition coefficient (Wildman–Crippen LogP) is 4.00. The van der Waals surface area contributed by atoms with Crippen molar-refractivity contribution < 1.29 is 8.42 Å². The zero-order chi connectivity index (χ0) is 22.2. The first-order chi connectivity index (χ1) is 14.6. The smallest absolute Gasteiger partial charge is 0.243 e. The Labute approximate surface area is 192 Å². The summed E-state index contributed by atoms with van der Waals surface area (Å²) < 4.78 is 30.4. The molecule has 2 heterocycles. The van der Waals surface area contributed by atoms with Crippen molar-refractivity contribution in [3.05, 3.63) is 46.4 Å². The van der Waals surface area contributed by atoms with Gasteiger partial charge in [-0.05, 0) is 55.9 Å². The van der Waals surface area contributed by atoms with Crippen molar-refractivity contribution >= 4 is 49.5 Å². The predicted molar refractivity (Wildman–Crippen MR) is 129 cm³/mol. The lowest BCUT2D eigenvalue weighted by Gasteiger charge is -2.33. The molecule has 0 amide bonds. The lowest BCUT2D eigenvalue weighted by molar-refractivity contribution is 0.145. The first-order valence-electron chi connectivity index (χ1n) is 10.2. The van der Waals surface area contributed by atoms with Crippen molar-refractivity contribution in [3.63, 3.8) is 0 Å². The summed E-state index contributed by atoms with van der Waals surface area (Å²) in [5, 5.41) is 10.7. The molecule has 1 aliphatic heterocycles. The van der Waals surface area contributed by atoms with Crippen LogP contribution >= 0.6 is 23.6 Å². The van der Waals surface area contributed by atoms with E-state index in [1.165, 1.54) is 11.3 Å². The van der Waals surface area contributed by atoms with Gasteiger partial charge in [0, 0.05) is 31.7 Å². The summed E-state index contributed by atoms with van der Waals surface area (Å²) >= 11 is 6.92. The average molecular weight is 478 g/mol. The molecular formula is C21H27N5O2S3. The number of sulfonamides is 1. The molecule has 0 atom stereocenters. The molecule has 4 rings (SSSR count). The van der Waals surface area contributed by atoms with Crippen LogP contribution in [0.5, 0.6) is 0 Å². The average Bonchev–Trinajstić information content (AvgIpc) is 3.04. The Hall–Kier alpha value is -1.85. The topological polar surface area (TPSA) is 70.5 Å². The fourth-order valence-electron chi connectivity index (χ4n) is 3.54. The van der Waals surface area contributed by atoms with E-state index in [-0.39, 0.29) is 5.54 Å². The summed E-state index contributed by atoms with van der Waals surface area (Å²) in [7, 11) is -3.52. The van der Waals surface area contributed by atoms with Gasteiger partial charge in [0.05, 0.1) is 11.6 Å². The summed E-state index contributed by atoms with van der Waals surface area (Å²) in [6.45, 7) is 8.96. The lowest BCUT2D eigenvalue weighted by Crippen LogP contribution is -2.48. The van der Waals surface area contributed by atoms with Crippen LogP contribution in [0.4, 0.5) is 5.13 Å². The molecule has 0 unspecified atom stereocenters. The van der Waals surface area contributed by atoms with Gasteiger partial charge in [-0.3, -0.25) is 4.90 Å². The SMILES string of the molecule is CC(C)(C)Nc1nn(CN2CCN(S(=O)(=O)c3ccc4ccccc4c3)CC2)c(=S)s1. The van der Waals surface area contributed by atoms with Gasteiger partial charge in [-0.1, -0.05) is 41.7 Å². The van der Waals surface area contributed by atoms with Gasteiger partial charge in [0.15, 0.2) is 3.95 Å². The fraction of sp³-hybridized carbons (Fsp3) is 0.429. The quantitative estimate of drug-likeness (QED) is 0.560. The van der Waals surface area contributed by atoms with Gasteiger partial charge in [-0.2, -0.15) is 4.31 Å². The number of fused-ring (bicyclic) bond motifs is 1. The molecule has 2 aromatic carbocycles. The first kappa shape index (κ1) is 22.3. The van der Waals surface area contributed by atoms with Crippen LogP contribution in [-0.2, 0) is 16.7 Å². The van der Waals surface area contributed by atoms with Gasteiger partial charge < -0.3 is 5.32 Å². The van der Waals surface area contributed by atoms with Gasteiger partial charge in [-0.15, -0.1) is 5.10 Å². The van der Waals surface area contributed by atoms with Gasteiger partial charge in [0.1, 0.15) is 0 Å². The van der Waals surface area contributed by atoms with Crippen LogP contribution in [0.25, 0.3) is 10.8 Å². The minimum Gasteiger partial charge on any atom is -0.356 e. The standard InChI is InChI=1S/C21H27N5O2S3/c1-21(2,3)22-19-23-26(20(29)30-19)15-24-10-12-25(13-11-24)31(27,28)18-9-8-16-6-4-5-7-17(16)14-18/h4-9,14H,10-13,15H2,1-3H3,(H,22,23). The van der Waals surface area contributed by atoms with E-state index in [9.17, 15) is 8.42 Å². The summed E-state index contributed by atoms with van der Waals surface area (Å²) in [5.41, 5.74) is -0.0831. The molecule has 31 heavy (non-hydrogen) atoms. The Morgan fingerprint density at radius 3 is 2.42 bits per heavy atom. The summed E-state index contributed by atoms with van der Waals surface area (Å²) in [4.78, 5) is 2.53. The normalized spacial score (nSPS) is 16.6. The van der Waals surface area contributed by atoms with E-state index >= 15 is 0 Å². The van der Waals surface area contributed by atoms with Gasteiger partial charge in [-0.25, -0.2) is 13.1 Å². The Bertz CT molecular complexity index is 1240. The van der Waals surface area contributed by atoms with Crippen LogP contribution in [0.15, 0.2) is 47.4 Å². The van der Waals surface area contributed by atoms with Crippen molar-refractivity contribution in [1.29, 1.82) is 0 Å². The maximum absolute atomic E-state index is 13.2.